The first kappa shape index (κ1) is 20.7. The highest BCUT2D eigenvalue weighted by Gasteiger charge is 2.38. The number of nitrogens with zero attached hydrogens (tertiary/aromatic N) is 1. The molecule has 27 heavy (non-hydrogen) atoms. The highest BCUT2D eigenvalue weighted by Crippen LogP contribution is 2.21. The molecule has 0 aromatic heterocycles. The lowest BCUT2D eigenvalue weighted by atomic mass is 10.1. The standard InChI is InChI=1S/C17H12Cl2F3N3O2/c1-9(24-25-15(26)13-7-4-11(18)8-14(13)19)10-2-5-12(6-3-10)23-16(27)17(20,21)22/h2-8H,1H3,(H,23,27)(H,25,26). The van der Waals surface area contributed by atoms with E-state index < -0.39 is 18.0 Å². The van der Waals surface area contributed by atoms with Crippen molar-refractivity contribution in [2.45, 2.75) is 13.1 Å². The lowest BCUT2D eigenvalue weighted by Crippen LogP contribution is -2.29. The molecule has 0 saturated heterocycles. The Hall–Kier alpha value is -2.58. The van der Waals surface area contributed by atoms with Crippen LogP contribution in [-0.2, 0) is 4.79 Å². The highest BCUT2D eigenvalue weighted by atomic mass is 35.5. The van der Waals surface area contributed by atoms with Gasteiger partial charge in [0.15, 0.2) is 0 Å². The summed E-state index contributed by atoms with van der Waals surface area (Å²) in [5.41, 5.74) is 3.41. The summed E-state index contributed by atoms with van der Waals surface area (Å²) in [6.07, 6.45) is -4.97. The van der Waals surface area contributed by atoms with Gasteiger partial charge in [-0.25, -0.2) is 5.43 Å². The number of carbonyl (C=O) groups is 2. The van der Waals surface area contributed by atoms with E-state index in [9.17, 15) is 22.8 Å². The maximum absolute atomic E-state index is 12.2. The van der Waals surface area contributed by atoms with E-state index in [0.29, 0.717) is 16.3 Å². The van der Waals surface area contributed by atoms with Crippen LogP contribution in [0.1, 0.15) is 22.8 Å². The zero-order valence-corrected chi connectivity index (χ0v) is 15.2. The predicted molar refractivity (Wildman–Crippen MR) is 97.3 cm³/mol. The molecule has 0 bridgehead atoms. The van der Waals surface area contributed by atoms with Crippen LogP contribution in [0.5, 0.6) is 0 Å². The van der Waals surface area contributed by atoms with E-state index in [-0.39, 0.29) is 16.3 Å². The number of alkyl halides is 3. The molecule has 2 aromatic rings. The van der Waals surface area contributed by atoms with Gasteiger partial charge in [0, 0.05) is 10.7 Å². The van der Waals surface area contributed by atoms with Gasteiger partial charge in [0.05, 0.1) is 16.3 Å². The van der Waals surface area contributed by atoms with Crippen molar-refractivity contribution in [3.63, 3.8) is 0 Å². The lowest BCUT2D eigenvalue weighted by molar-refractivity contribution is -0.167. The molecule has 142 valence electrons. The zero-order valence-electron chi connectivity index (χ0n) is 13.7. The molecule has 0 aliphatic rings. The van der Waals surface area contributed by atoms with E-state index in [1.807, 2.05) is 0 Å². The second-order valence-corrected chi connectivity index (χ2v) is 6.14. The molecule has 10 heteroatoms. The Labute approximate surface area is 162 Å². The Morgan fingerprint density at radius 2 is 1.67 bits per heavy atom. The molecule has 2 amide bonds. The summed E-state index contributed by atoms with van der Waals surface area (Å²) in [4.78, 5) is 23.0. The summed E-state index contributed by atoms with van der Waals surface area (Å²) in [6, 6.07) is 9.85. The van der Waals surface area contributed by atoms with Gasteiger partial charge in [-0.1, -0.05) is 35.3 Å². The number of carbonyl (C=O) groups excluding carboxylic acids is 2. The van der Waals surface area contributed by atoms with Crippen LogP contribution in [0.3, 0.4) is 0 Å². The molecule has 0 spiro atoms. The number of hydrogen-bond donors (Lipinski definition) is 2. The molecule has 0 heterocycles. The quantitative estimate of drug-likeness (QED) is 0.561. The maximum Gasteiger partial charge on any atom is 0.471 e. The van der Waals surface area contributed by atoms with Crippen molar-refractivity contribution in [3.05, 3.63) is 63.6 Å². The molecular weight excluding hydrogens is 406 g/mol. The summed E-state index contributed by atoms with van der Waals surface area (Å²) < 4.78 is 36.7. The number of halogens is 5. The number of nitrogens with one attached hydrogen (secondary N) is 2. The van der Waals surface area contributed by atoms with Crippen LogP contribution in [0, 0.1) is 0 Å². The number of hydrogen-bond acceptors (Lipinski definition) is 3. The normalized spacial score (nSPS) is 11.9. The van der Waals surface area contributed by atoms with Gasteiger partial charge >= 0.3 is 12.1 Å². The van der Waals surface area contributed by atoms with Gasteiger partial charge in [-0.3, -0.25) is 9.59 Å². The van der Waals surface area contributed by atoms with Crippen molar-refractivity contribution < 1.29 is 22.8 Å². The van der Waals surface area contributed by atoms with Crippen molar-refractivity contribution in [1.82, 2.24) is 5.43 Å². The van der Waals surface area contributed by atoms with Gasteiger partial charge < -0.3 is 5.32 Å². The van der Waals surface area contributed by atoms with Crippen LogP contribution in [0.15, 0.2) is 47.6 Å². The predicted octanol–water partition coefficient (Wildman–Crippen LogP) is 4.65. The Kier molecular flexibility index (Phi) is 6.45. The minimum Gasteiger partial charge on any atom is -0.318 e. The van der Waals surface area contributed by atoms with Gasteiger partial charge in [0.1, 0.15) is 0 Å². The van der Waals surface area contributed by atoms with E-state index in [4.69, 9.17) is 23.2 Å². The van der Waals surface area contributed by atoms with Crippen molar-refractivity contribution >= 4 is 46.4 Å². The fourth-order valence-corrected chi connectivity index (χ4v) is 2.42. The van der Waals surface area contributed by atoms with E-state index in [0.717, 1.165) is 0 Å². The number of benzene rings is 2. The Balaban J connectivity index is 2.05. The zero-order chi connectivity index (χ0) is 20.2. The largest absolute Gasteiger partial charge is 0.471 e. The molecule has 0 unspecified atom stereocenters. The molecule has 2 rings (SSSR count). The summed E-state index contributed by atoms with van der Waals surface area (Å²) in [5.74, 6) is -2.61. The smallest absolute Gasteiger partial charge is 0.318 e. The van der Waals surface area contributed by atoms with Gasteiger partial charge in [0.2, 0.25) is 0 Å². The summed E-state index contributed by atoms with van der Waals surface area (Å²) >= 11 is 11.7. The van der Waals surface area contributed by atoms with Gasteiger partial charge in [-0.15, -0.1) is 0 Å². The summed E-state index contributed by atoms with van der Waals surface area (Å²) in [5, 5.41) is 6.20. The van der Waals surface area contributed by atoms with E-state index in [1.54, 1.807) is 12.2 Å². The second kappa shape index (κ2) is 8.41. The SMILES string of the molecule is CC(=NNC(=O)c1ccc(Cl)cc1Cl)c1ccc(NC(=O)C(F)(F)F)cc1. The fourth-order valence-electron chi connectivity index (χ4n) is 1.93. The number of hydrazone groups is 1. The minimum absolute atomic E-state index is 0.0224. The number of anilines is 1. The first-order chi connectivity index (χ1) is 12.6. The van der Waals surface area contributed by atoms with E-state index in [1.165, 1.54) is 42.5 Å². The third-order valence-corrected chi connectivity index (χ3v) is 3.87. The molecule has 0 radical (unpaired) electrons. The Morgan fingerprint density at radius 1 is 1.04 bits per heavy atom. The minimum atomic E-state index is -4.97. The van der Waals surface area contributed by atoms with Crippen molar-refractivity contribution in [3.8, 4) is 0 Å². The number of amides is 2. The Morgan fingerprint density at radius 3 is 2.22 bits per heavy atom. The van der Waals surface area contributed by atoms with Crippen molar-refractivity contribution in [2.75, 3.05) is 5.32 Å². The third kappa shape index (κ3) is 5.70. The lowest BCUT2D eigenvalue weighted by Gasteiger charge is -2.09. The van der Waals surface area contributed by atoms with E-state index >= 15 is 0 Å². The van der Waals surface area contributed by atoms with Gasteiger partial charge in [0.25, 0.3) is 5.91 Å². The van der Waals surface area contributed by atoms with Crippen molar-refractivity contribution in [2.24, 2.45) is 5.10 Å². The molecule has 2 N–H and O–H groups in total. The van der Waals surface area contributed by atoms with Crippen LogP contribution in [0.25, 0.3) is 0 Å². The molecule has 0 aliphatic heterocycles. The monoisotopic (exact) mass is 417 g/mol. The molecule has 0 saturated carbocycles. The fraction of sp³-hybridized carbons (Fsp3) is 0.118. The van der Waals surface area contributed by atoms with Crippen LogP contribution < -0.4 is 10.7 Å². The highest BCUT2D eigenvalue weighted by molar-refractivity contribution is 6.36. The summed E-state index contributed by atoms with van der Waals surface area (Å²) in [6.45, 7) is 1.59. The molecule has 2 aromatic carbocycles. The maximum atomic E-state index is 12.2. The van der Waals surface area contributed by atoms with Crippen LogP contribution >= 0.6 is 23.2 Å². The average Bonchev–Trinajstić information content (AvgIpc) is 2.59. The average molecular weight is 418 g/mol. The first-order valence-electron chi connectivity index (χ1n) is 7.36. The van der Waals surface area contributed by atoms with Crippen LogP contribution in [0.4, 0.5) is 18.9 Å². The van der Waals surface area contributed by atoms with Gasteiger partial charge in [-0.2, -0.15) is 18.3 Å². The topological polar surface area (TPSA) is 70.6 Å². The van der Waals surface area contributed by atoms with Crippen LogP contribution in [0.2, 0.25) is 10.0 Å². The van der Waals surface area contributed by atoms with Gasteiger partial charge in [-0.05, 0) is 42.8 Å². The summed E-state index contributed by atoms with van der Waals surface area (Å²) in [7, 11) is 0. The van der Waals surface area contributed by atoms with E-state index in [2.05, 4.69) is 10.5 Å². The molecular formula is C17H12Cl2F3N3O2. The van der Waals surface area contributed by atoms with Crippen LogP contribution in [-0.4, -0.2) is 23.7 Å². The van der Waals surface area contributed by atoms with Crippen molar-refractivity contribution in [1.29, 1.82) is 0 Å². The molecule has 0 atom stereocenters. The molecule has 5 nitrogen and oxygen atoms in total. The Bertz CT molecular complexity index is 897. The molecule has 0 aliphatic carbocycles. The number of rotatable bonds is 4. The first-order valence-corrected chi connectivity index (χ1v) is 8.12. The third-order valence-electron chi connectivity index (χ3n) is 3.32. The molecule has 0 fully saturated rings. The second-order valence-electron chi connectivity index (χ2n) is 5.29.